The quantitative estimate of drug-likeness (QED) is 0.752. The molecule has 1 unspecified atom stereocenters. The van der Waals surface area contributed by atoms with Crippen LogP contribution in [0.4, 0.5) is 0 Å². The Balaban J connectivity index is 1.64. The SMILES string of the molecule is COC(=O)c1ccc(C2=CC3=C(N4CCOCC4)SC(=O)C3OC2)cc1. The second-order valence-electron chi connectivity index (χ2n) is 6.21. The van der Waals surface area contributed by atoms with E-state index in [4.69, 9.17) is 14.2 Å². The third kappa shape index (κ3) is 3.18. The summed E-state index contributed by atoms with van der Waals surface area (Å²) in [5.41, 5.74) is 3.40. The number of benzene rings is 1. The van der Waals surface area contributed by atoms with Crippen LogP contribution >= 0.6 is 11.8 Å². The zero-order chi connectivity index (χ0) is 18.1. The predicted molar refractivity (Wildman–Crippen MR) is 97.5 cm³/mol. The van der Waals surface area contributed by atoms with E-state index in [-0.39, 0.29) is 11.1 Å². The highest BCUT2D eigenvalue weighted by molar-refractivity contribution is 8.17. The topological polar surface area (TPSA) is 65.1 Å². The lowest BCUT2D eigenvalue weighted by Crippen LogP contribution is -2.35. The van der Waals surface area contributed by atoms with Crippen molar-refractivity contribution in [3.8, 4) is 0 Å². The van der Waals surface area contributed by atoms with E-state index in [0.717, 1.165) is 34.8 Å². The molecule has 1 atom stereocenters. The van der Waals surface area contributed by atoms with Crippen molar-refractivity contribution in [3.05, 3.63) is 52.1 Å². The number of hydrogen-bond donors (Lipinski definition) is 0. The van der Waals surface area contributed by atoms with Crippen molar-refractivity contribution in [2.45, 2.75) is 6.10 Å². The van der Waals surface area contributed by atoms with Crippen LogP contribution in [0.2, 0.25) is 0 Å². The van der Waals surface area contributed by atoms with E-state index < -0.39 is 6.10 Å². The molecule has 1 aromatic rings. The lowest BCUT2D eigenvalue weighted by Gasteiger charge is -2.30. The van der Waals surface area contributed by atoms with Gasteiger partial charge in [0.05, 0.1) is 37.5 Å². The van der Waals surface area contributed by atoms with Gasteiger partial charge in [0.15, 0.2) is 6.10 Å². The lowest BCUT2D eigenvalue weighted by atomic mass is 9.98. The fraction of sp³-hybridized carbons (Fsp3) is 0.368. The van der Waals surface area contributed by atoms with Gasteiger partial charge in [-0.05, 0) is 41.1 Å². The summed E-state index contributed by atoms with van der Waals surface area (Å²) >= 11 is 1.26. The molecule has 3 aliphatic rings. The third-order valence-electron chi connectivity index (χ3n) is 4.65. The molecule has 1 fully saturated rings. The van der Waals surface area contributed by atoms with Crippen LogP contribution in [-0.4, -0.2) is 62.1 Å². The smallest absolute Gasteiger partial charge is 0.337 e. The molecule has 0 amide bonds. The monoisotopic (exact) mass is 373 g/mol. The van der Waals surface area contributed by atoms with Gasteiger partial charge < -0.3 is 19.1 Å². The van der Waals surface area contributed by atoms with Gasteiger partial charge in [0.2, 0.25) is 5.12 Å². The summed E-state index contributed by atoms with van der Waals surface area (Å²) < 4.78 is 16.0. The number of ether oxygens (including phenoxy) is 3. The van der Waals surface area contributed by atoms with Gasteiger partial charge in [0, 0.05) is 18.7 Å². The molecule has 0 saturated carbocycles. The zero-order valence-corrected chi connectivity index (χ0v) is 15.2. The van der Waals surface area contributed by atoms with Crippen LogP contribution in [0.15, 0.2) is 40.9 Å². The Bertz CT molecular complexity index is 793. The molecule has 0 aliphatic carbocycles. The van der Waals surface area contributed by atoms with E-state index in [2.05, 4.69) is 11.0 Å². The van der Waals surface area contributed by atoms with Crippen LogP contribution in [0.25, 0.3) is 5.57 Å². The Kier molecular flexibility index (Phi) is 4.84. The number of carbonyl (C=O) groups excluding carboxylic acids is 2. The molecule has 1 aromatic carbocycles. The molecule has 26 heavy (non-hydrogen) atoms. The Morgan fingerprint density at radius 2 is 1.96 bits per heavy atom. The van der Waals surface area contributed by atoms with Crippen LogP contribution in [0.3, 0.4) is 0 Å². The van der Waals surface area contributed by atoms with Crippen molar-refractivity contribution in [2.75, 3.05) is 40.0 Å². The Morgan fingerprint density at radius 3 is 2.65 bits per heavy atom. The molecule has 0 N–H and O–H groups in total. The summed E-state index contributed by atoms with van der Waals surface area (Å²) in [6.45, 7) is 3.27. The number of methoxy groups -OCH3 is 1. The zero-order valence-electron chi connectivity index (χ0n) is 14.4. The molecular formula is C19H19NO5S. The highest BCUT2D eigenvalue weighted by atomic mass is 32.2. The van der Waals surface area contributed by atoms with Gasteiger partial charge in [0.25, 0.3) is 0 Å². The second kappa shape index (κ2) is 7.26. The maximum absolute atomic E-state index is 12.3. The summed E-state index contributed by atoms with van der Waals surface area (Å²) in [6.07, 6.45) is 1.57. The lowest BCUT2D eigenvalue weighted by molar-refractivity contribution is -0.118. The Morgan fingerprint density at radius 1 is 1.23 bits per heavy atom. The number of fused-ring (bicyclic) bond motifs is 1. The van der Waals surface area contributed by atoms with Crippen LogP contribution in [0, 0.1) is 0 Å². The minimum absolute atomic E-state index is 0.0397. The van der Waals surface area contributed by atoms with Gasteiger partial charge in [0.1, 0.15) is 0 Å². The second-order valence-corrected chi connectivity index (χ2v) is 7.20. The molecule has 7 heteroatoms. The largest absolute Gasteiger partial charge is 0.465 e. The van der Waals surface area contributed by atoms with Gasteiger partial charge in [-0.2, -0.15) is 0 Å². The van der Waals surface area contributed by atoms with E-state index in [0.29, 0.717) is 25.4 Å². The van der Waals surface area contributed by atoms with E-state index in [1.54, 1.807) is 12.1 Å². The number of thioether (sulfide) groups is 1. The fourth-order valence-corrected chi connectivity index (χ4v) is 4.35. The van der Waals surface area contributed by atoms with Crippen LogP contribution in [0.5, 0.6) is 0 Å². The molecular weight excluding hydrogens is 354 g/mol. The molecule has 0 radical (unpaired) electrons. The molecule has 136 valence electrons. The van der Waals surface area contributed by atoms with Gasteiger partial charge >= 0.3 is 5.97 Å². The van der Waals surface area contributed by atoms with Crippen molar-refractivity contribution in [2.24, 2.45) is 0 Å². The van der Waals surface area contributed by atoms with Gasteiger partial charge in [-0.1, -0.05) is 12.1 Å². The van der Waals surface area contributed by atoms with Crippen LogP contribution in [0.1, 0.15) is 15.9 Å². The van der Waals surface area contributed by atoms with Crippen LogP contribution < -0.4 is 0 Å². The number of esters is 1. The fourth-order valence-electron chi connectivity index (χ4n) is 3.26. The van der Waals surface area contributed by atoms with Crippen molar-refractivity contribution < 1.29 is 23.8 Å². The summed E-state index contributed by atoms with van der Waals surface area (Å²) in [4.78, 5) is 26.1. The van der Waals surface area contributed by atoms with Gasteiger partial charge in [-0.3, -0.25) is 4.79 Å². The maximum Gasteiger partial charge on any atom is 0.337 e. The highest BCUT2D eigenvalue weighted by Gasteiger charge is 2.39. The van der Waals surface area contributed by atoms with Crippen molar-refractivity contribution in [1.29, 1.82) is 0 Å². The van der Waals surface area contributed by atoms with Gasteiger partial charge in [-0.25, -0.2) is 4.79 Å². The Labute approximate surface area is 155 Å². The summed E-state index contributed by atoms with van der Waals surface area (Å²) in [5, 5.41) is 1.02. The first-order chi connectivity index (χ1) is 12.7. The number of rotatable bonds is 3. The minimum atomic E-state index is -0.490. The van der Waals surface area contributed by atoms with Crippen molar-refractivity contribution in [3.63, 3.8) is 0 Å². The third-order valence-corrected chi connectivity index (χ3v) is 5.75. The van der Waals surface area contributed by atoms with E-state index in [1.807, 2.05) is 12.1 Å². The molecule has 4 rings (SSSR count). The number of nitrogens with zero attached hydrogens (tertiary/aromatic N) is 1. The molecule has 0 spiro atoms. The van der Waals surface area contributed by atoms with E-state index in [1.165, 1.54) is 18.9 Å². The highest BCUT2D eigenvalue weighted by Crippen LogP contribution is 2.41. The first-order valence-corrected chi connectivity index (χ1v) is 9.28. The molecule has 0 aromatic heterocycles. The first-order valence-electron chi connectivity index (χ1n) is 8.47. The van der Waals surface area contributed by atoms with E-state index >= 15 is 0 Å². The first kappa shape index (κ1) is 17.3. The molecule has 6 nitrogen and oxygen atoms in total. The summed E-state index contributed by atoms with van der Waals surface area (Å²) in [6, 6.07) is 7.22. The predicted octanol–water partition coefficient (Wildman–Crippen LogP) is 2.07. The molecule has 0 bridgehead atoms. The number of morpholine rings is 1. The van der Waals surface area contributed by atoms with E-state index in [9.17, 15) is 9.59 Å². The normalized spacial score (nSPS) is 23.0. The summed E-state index contributed by atoms with van der Waals surface area (Å²) in [5.74, 6) is -0.361. The summed E-state index contributed by atoms with van der Waals surface area (Å²) in [7, 11) is 1.36. The van der Waals surface area contributed by atoms with Crippen LogP contribution in [-0.2, 0) is 19.0 Å². The van der Waals surface area contributed by atoms with Gasteiger partial charge in [-0.15, -0.1) is 0 Å². The minimum Gasteiger partial charge on any atom is -0.465 e. The maximum atomic E-state index is 12.3. The number of carbonyl (C=O) groups is 2. The van der Waals surface area contributed by atoms with Crippen molar-refractivity contribution >= 4 is 28.4 Å². The Hall–Kier alpha value is -2.09. The average Bonchev–Trinajstić information content (AvgIpc) is 3.04. The van der Waals surface area contributed by atoms with Crippen molar-refractivity contribution in [1.82, 2.24) is 4.90 Å². The number of hydrogen-bond acceptors (Lipinski definition) is 7. The molecule has 3 heterocycles. The molecule has 3 aliphatic heterocycles. The standard InChI is InChI=1S/C19H19NO5S/c1-23-18(21)13-4-2-12(3-5-13)14-10-15-16(25-11-14)19(22)26-17(15)20-6-8-24-9-7-20/h2-5,10,16H,6-9,11H2,1H3. The average molecular weight is 373 g/mol. The molecule has 1 saturated heterocycles.